The Morgan fingerprint density at radius 3 is 2.71 bits per heavy atom. The lowest BCUT2D eigenvalue weighted by atomic mass is 10.1. The maximum atomic E-state index is 12.5. The molecule has 1 atom stereocenters. The van der Waals surface area contributed by atoms with E-state index in [9.17, 15) is 4.79 Å². The van der Waals surface area contributed by atoms with Gasteiger partial charge < -0.3 is 14.2 Å². The van der Waals surface area contributed by atoms with Crippen molar-refractivity contribution >= 4 is 23.2 Å². The zero-order valence-electron chi connectivity index (χ0n) is 15.7. The largest absolute Gasteiger partial charge is 0.495 e. The van der Waals surface area contributed by atoms with Crippen molar-refractivity contribution in [3.8, 4) is 17.2 Å². The summed E-state index contributed by atoms with van der Waals surface area (Å²) in [5.74, 6) is 1.47. The number of rotatable bonds is 5. The summed E-state index contributed by atoms with van der Waals surface area (Å²) in [5.41, 5.74) is 2.86. The monoisotopic (exact) mass is 397 g/mol. The summed E-state index contributed by atoms with van der Waals surface area (Å²) in [6.07, 6.45) is 1.31. The maximum absolute atomic E-state index is 12.5. The van der Waals surface area contributed by atoms with Crippen molar-refractivity contribution in [3.05, 3.63) is 58.9 Å². The van der Waals surface area contributed by atoms with Gasteiger partial charge in [-0.15, -0.1) is 0 Å². The van der Waals surface area contributed by atoms with E-state index in [-0.39, 0.29) is 11.8 Å². The van der Waals surface area contributed by atoms with E-state index in [0.717, 1.165) is 17.7 Å². The van der Waals surface area contributed by atoms with Gasteiger partial charge >= 0.3 is 0 Å². The number of halogens is 1. The van der Waals surface area contributed by atoms with Gasteiger partial charge in [0.15, 0.2) is 5.82 Å². The topological polar surface area (TPSA) is 68.5 Å². The predicted octanol–water partition coefficient (Wildman–Crippen LogP) is 4.48. The molecule has 1 fully saturated rings. The van der Waals surface area contributed by atoms with E-state index in [4.69, 9.17) is 20.9 Å². The van der Waals surface area contributed by atoms with Gasteiger partial charge in [-0.3, -0.25) is 4.79 Å². The van der Waals surface area contributed by atoms with Crippen LogP contribution < -0.4 is 9.64 Å². The summed E-state index contributed by atoms with van der Waals surface area (Å²) in [6.45, 7) is 2.59. The second-order valence-corrected chi connectivity index (χ2v) is 7.14. The van der Waals surface area contributed by atoms with E-state index < -0.39 is 0 Å². The molecule has 0 spiro atoms. The summed E-state index contributed by atoms with van der Waals surface area (Å²) >= 11 is 6.20. The Balaban J connectivity index is 1.52. The molecule has 28 heavy (non-hydrogen) atoms. The van der Waals surface area contributed by atoms with Gasteiger partial charge in [-0.2, -0.15) is 4.98 Å². The summed E-state index contributed by atoms with van der Waals surface area (Å²) in [7, 11) is 1.56. The Morgan fingerprint density at radius 1 is 1.25 bits per heavy atom. The Labute approximate surface area is 168 Å². The van der Waals surface area contributed by atoms with Gasteiger partial charge in [0.25, 0.3) is 5.89 Å². The second kappa shape index (κ2) is 7.64. The SMILES string of the molecule is CCc1ccc(-c2nc(C3CC(=O)N(c4ccc(OC)c(Cl)c4)C3)no2)cc1. The third-order valence-electron chi connectivity index (χ3n) is 4.99. The number of aryl methyl sites for hydroxylation is 1. The number of amides is 1. The van der Waals surface area contributed by atoms with Crippen LogP contribution in [0.4, 0.5) is 5.69 Å². The molecule has 2 heterocycles. The first kappa shape index (κ1) is 18.5. The number of methoxy groups -OCH3 is 1. The van der Waals surface area contributed by atoms with Crippen molar-refractivity contribution in [1.82, 2.24) is 10.1 Å². The lowest BCUT2D eigenvalue weighted by molar-refractivity contribution is -0.117. The fraction of sp³-hybridized carbons (Fsp3) is 0.286. The minimum atomic E-state index is -0.124. The van der Waals surface area contributed by atoms with Crippen LogP contribution in [0.25, 0.3) is 11.5 Å². The van der Waals surface area contributed by atoms with Crippen LogP contribution in [0.1, 0.15) is 30.7 Å². The van der Waals surface area contributed by atoms with Crippen LogP contribution in [0.3, 0.4) is 0 Å². The average Bonchev–Trinajstić information content (AvgIpc) is 3.35. The molecule has 4 rings (SSSR count). The van der Waals surface area contributed by atoms with E-state index in [1.54, 1.807) is 24.1 Å². The minimum absolute atomic E-state index is 0.00452. The number of carbonyl (C=O) groups is 1. The molecule has 2 aromatic carbocycles. The normalized spacial score (nSPS) is 16.6. The fourth-order valence-electron chi connectivity index (χ4n) is 3.35. The Bertz CT molecular complexity index is 1000. The molecular weight excluding hydrogens is 378 g/mol. The first-order valence-electron chi connectivity index (χ1n) is 9.16. The highest BCUT2D eigenvalue weighted by molar-refractivity contribution is 6.32. The second-order valence-electron chi connectivity index (χ2n) is 6.73. The van der Waals surface area contributed by atoms with E-state index in [0.29, 0.717) is 35.5 Å². The van der Waals surface area contributed by atoms with Gasteiger partial charge in [0.2, 0.25) is 5.91 Å². The summed E-state index contributed by atoms with van der Waals surface area (Å²) in [6, 6.07) is 13.4. The summed E-state index contributed by atoms with van der Waals surface area (Å²) in [4.78, 5) is 18.8. The average molecular weight is 398 g/mol. The van der Waals surface area contributed by atoms with E-state index in [2.05, 4.69) is 17.1 Å². The van der Waals surface area contributed by atoms with Crippen LogP contribution in [-0.4, -0.2) is 29.7 Å². The van der Waals surface area contributed by atoms with Crippen LogP contribution in [0, 0.1) is 0 Å². The molecule has 1 saturated heterocycles. The highest BCUT2D eigenvalue weighted by Crippen LogP contribution is 2.35. The number of aromatic nitrogens is 2. The van der Waals surface area contributed by atoms with Crippen LogP contribution in [-0.2, 0) is 11.2 Å². The standard InChI is InChI=1S/C21H20ClN3O3/c1-3-13-4-6-14(7-5-13)21-23-20(24-28-21)15-10-19(26)25(12-15)16-8-9-18(27-2)17(22)11-16/h4-9,11,15H,3,10,12H2,1-2H3. The number of ether oxygens (including phenoxy) is 1. The third kappa shape index (κ3) is 3.47. The smallest absolute Gasteiger partial charge is 0.257 e. The number of benzene rings is 2. The van der Waals surface area contributed by atoms with Crippen LogP contribution in [0.15, 0.2) is 47.0 Å². The van der Waals surface area contributed by atoms with Crippen LogP contribution in [0.5, 0.6) is 5.75 Å². The quantitative estimate of drug-likeness (QED) is 0.634. The molecule has 0 saturated carbocycles. The molecule has 0 N–H and O–H groups in total. The molecule has 0 bridgehead atoms. The molecular formula is C21H20ClN3O3. The number of hydrogen-bond acceptors (Lipinski definition) is 5. The van der Waals surface area contributed by atoms with E-state index in [1.807, 2.05) is 30.3 Å². The molecule has 0 radical (unpaired) electrons. The maximum Gasteiger partial charge on any atom is 0.257 e. The van der Waals surface area contributed by atoms with Crippen LogP contribution >= 0.6 is 11.6 Å². The predicted molar refractivity (Wildman–Crippen MR) is 107 cm³/mol. The van der Waals surface area contributed by atoms with Crippen molar-refractivity contribution in [2.24, 2.45) is 0 Å². The molecule has 144 valence electrons. The van der Waals surface area contributed by atoms with Gasteiger partial charge in [0.05, 0.1) is 12.1 Å². The molecule has 1 unspecified atom stereocenters. The number of carbonyl (C=O) groups excluding carboxylic acids is 1. The van der Waals surface area contributed by atoms with Crippen molar-refractivity contribution in [2.45, 2.75) is 25.7 Å². The zero-order chi connectivity index (χ0) is 19.7. The van der Waals surface area contributed by atoms with Gasteiger partial charge in [0.1, 0.15) is 5.75 Å². The molecule has 1 amide bonds. The number of nitrogens with zero attached hydrogens (tertiary/aromatic N) is 3. The van der Waals surface area contributed by atoms with Gasteiger partial charge in [-0.1, -0.05) is 35.8 Å². The molecule has 0 aliphatic carbocycles. The number of anilines is 1. The molecule has 7 heteroatoms. The van der Waals surface area contributed by atoms with Crippen molar-refractivity contribution in [1.29, 1.82) is 0 Å². The van der Waals surface area contributed by atoms with Crippen molar-refractivity contribution in [2.75, 3.05) is 18.6 Å². The highest BCUT2D eigenvalue weighted by atomic mass is 35.5. The Morgan fingerprint density at radius 2 is 2.04 bits per heavy atom. The summed E-state index contributed by atoms with van der Waals surface area (Å²) < 4.78 is 10.6. The van der Waals surface area contributed by atoms with Crippen molar-refractivity contribution < 1.29 is 14.1 Å². The first-order valence-corrected chi connectivity index (χ1v) is 9.53. The summed E-state index contributed by atoms with van der Waals surface area (Å²) in [5, 5.41) is 4.58. The lowest BCUT2D eigenvalue weighted by Crippen LogP contribution is -2.24. The molecule has 1 aliphatic rings. The highest BCUT2D eigenvalue weighted by Gasteiger charge is 2.35. The van der Waals surface area contributed by atoms with Crippen molar-refractivity contribution in [3.63, 3.8) is 0 Å². The third-order valence-corrected chi connectivity index (χ3v) is 5.28. The lowest BCUT2D eigenvalue weighted by Gasteiger charge is -2.17. The molecule has 6 nitrogen and oxygen atoms in total. The molecule has 1 aromatic heterocycles. The molecule has 1 aliphatic heterocycles. The van der Waals surface area contributed by atoms with Gasteiger partial charge in [-0.05, 0) is 42.3 Å². The minimum Gasteiger partial charge on any atom is -0.495 e. The van der Waals surface area contributed by atoms with E-state index >= 15 is 0 Å². The van der Waals surface area contributed by atoms with E-state index in [1.165, 1.54) is 5.56 Å². The Hall–Kier alpha value is -2.86. The number of hydrogen-bond donors (Lipinski definition) is 0. The molecule has 3 aromatic rings. The van der Waals surface area contributed by atoms with Gasteiger partial charge in [0, 0.05) is 30.1 Å². The zero-order valence-corrected chi connectivity index (χ0v) is 16.4. The fourth-order valence-corrected chi connectivity index (χ4v) is 3.61. The van der Waals surface area contributed by atoms with Crippen LogP contribution in [0.2, 0.25) is 5.02 Å². The Kier molecular flexibility index (Phi) is 5.05. The van der Waals surface area contributed by atoms with Gasteiger partial charge in [-0.25, -0.2) is 0 Å². The first-order chi connectivity index (χ1) is 13.6.